The first-order valence-corrected chi connectivity index (χ1v) is 11.4. The molecular weight excluding hydrogens is 419 g/mol. The van der Waals surface area contributed by atoms with Crippen molar-refractivity contribution in [2.45, 2.75) is 38.0 Å². The molecule has 3 aromatic heterocycles. The maximum atomic E-state index is 14.2. The van der Waals surface area contributed by atoms with Gasteiger partial charge >= 0.3 is 0 Å². The number of amides is 1. The van der Waals surface area contributed by atoms with Crippen LogP contribution in [-0.4, -0.2) is 48.6 Å². The molecule has 1 aromatic carbocycles. The summed E-state index contributed by atoms with van der Waals surface area (Å²) in [6.45, 7) is 1.54. The number of benzene rings is 1. The Hall–Kier alpha value is -3.68. The molecular formula is C25H23FN6O. The zero-order valence-electron chi connectivity index (χ0n) is 18.1. The number of pyridine rings is 1. The molecule has 0 atom stereocenters. The summed E-state index contributed by atoms with van der Waals surface area (Å²) in [7, 11) is 0. The van der Waals surface area contributed by atoms with E-state index in [2.05, 4.69) is 15.0 Å². The number of halogens is 1. The molecule has 4 aromatic rings. The first-order chi connectivity index (χ1) is 16.2. The van der Waals surface area contributed by atoms with Crippen LogP contribution < -0.4 is 0 Å². The van der Waals surface area contributed by atoms with Gasteiger partial charge in [0.05, 0.1) is 11.2 Å². The van der Waals surface area contributed by atoms with Gasteiger partial charge in [-0.2, -0.15) is 9.78 Å². The van der Waals surface area contributed by atoms with Crippen LogP contribution in [-0.2, 0) is 0 Å². The van der Waals surface area contributed by atoms with Gasteiger partial charge in [-0.3, -0.25) is 9.78 Å². The molecule has 2 fully saturated rings. The molecule has 0 N–H and O–H groups in total. The molecule has 8 heteroatoms. The lowest BCUT2D eigenvalue weighted by atomic mass is 10.1. The molecule has 6 rings (SSSR count). The molecule has 0 unspecified atom stereocenters. The van der Waals surface area contributed by atoms with Crippen LogP contribution in [0.2, 0.25) is 0 Å². The van der Waals surface area contributed by atoms with Crippen LogP contribution in [0.4, 0.5) is 4.39 Å². The number of rotatable bonds is 4. The molecule has 1 aliphatic carbocycles. The Morgan fingerprint density at radius 2 is 1.73 bits per heavy atom. The van der Waals surface area contributed by atoms with Gasteiger partial charge in [-0.05, 0) is 44.2 Å². The second kappa shape index (κ2) is 8.03. The van der Waals surface area contributed by atoms with Crippen LogP contribution in [0.5, 0.6) is 0 Å². The van der Waals surface area contributed by atoms with E-state index in [-0.39, 0.29) is 11.7 Å². The van der Waals surface area contributed by atoms with Crippen LogP contribution in [0, 0.1) is 5.82 Å². The minimum absolute atomic E-state index is 0.0480. The largest absolute Gasteiger partial charge is 0.337 e. The molecule has 1 amide bonds. The fraction of sp³-hybridized carbons (Fsp3) is 0.320. The summed E-state index contributed by atoms with van der Waals surface area (Å²) in [5, 5.41) is 5.73. The Bertz CT molecular complexity index is 1340. The minimum atomic E-state index is -0.318. The highest BCUT2D eigenvalue weighted by Gasteiger charge is 2.30. The fourth-order valence-electron chi connectivity index (χ4n) is 4.48. The summed E-state index contributed by atoms with van der Waals surface area (Å²) in [6.07, 6.45) is 10.4. The van der Waals surface area contributed by atoms with E-state index in [9.17, 15) is 9.18 Å². The number of hydrogen-bond acceptors (Lipinski definition) is 5. The van der Waals surface area contributed by atoms with Gasteiger partial charge in [-0.25, -0.2) is 14.4 Å². The minimum Gasteiger partial charge on any atom is -0.337 e. The number of fused-ring (bicyclic) bond motifs is 1. The number of piperidine rings is 1. The summed E-state index contributed by atoms with van der Waals surface area (Å²) < 4.78 is 15.8. The molecule has 1 saturated heterocycles. The van der Waals surface area contributed by atoms with E-state index in [1.807, 2.05) is 4.90 Å². The molecule has 0 bridgehead atoms. The average Bonchev–Trinajstić information content (AvgIpc) is 3.65. The monoisotopic (exact) mass is 442 g/mol. The second-order valence-corrected chi connectivity index (χ2v) is 8.76. The predicted molar refractivity (Wildman–Crippen MR) is 122 cm³/mol. The molecule has 0 radical (unpaired) electrons. The van der Waals surface area contributed by atoms with Gasteiger partial charge in [-0.1, -0.05) is 18.2 Å². The lowest BCUT2D eigenvalue weighted by Crippen LogP contribution is -2.36. The van der Waals surface area contributed by atoms with Crippen LogP contribution in [0.15, 0.2) is 48.9 Å². The van der Waals surface area contributed by atoms with Gasteiger partial charge < -0.3 is 4.90 Å². The number of carbonyl (C=O) groups is 1. The summed E-state index contributed by atoms with van der Waals surface area (Å²) >= 11 is 0. The highest BCUT2D eigenvalue weighted by atomic mass is 19.1. The number of nitrogens with zero attached hydrogens (tertiary/aromatic N) is 6. The van der Waals surface area contributed by atoms with Gasteiger partial charge in [0, 0.05) is 54.1 Å². The van der Waals surface area contributed by atoms with Gasteiger partial charge in [0.1, 0.15) is 11.5 Å². The topological polar surface area (TPSA) is 76.8 Å². The highest BCUT2D eigenvalue weighted by molar-refractivity contribution is 5.96. The fourth-order valence-corrected chi connectivity index (χ4v) is 4.48. The van der Waals surface area contributed by atoms with Crippen molar-refractivity contribution < 1.29 is 9.18 Å². The third-order valence-corrected chi connectivity index (χ3v) is 6.43. The van der Waals surface area contributed by atoms with Crippen LogP contribution in [0.25, 0.3) is 28.0 Å². The zero-order valence-corrected chi connectivity index (χ0v) is 18.1. The Labute approximate surface area is 190 Å². The van der Waals surface area contributed by atoms with E-state index in [0.29, 0.717) is 28.7 Å². The van der Waals surface area contributed by atoms with Crippen molar-refractivity contribution in [2.75, 3.05) is 13.1 Å². The molecule has 2 aliphatic rings. The van der Waals surface area contributed by atoms with Crippen molar-refractivity contribution in [1.29, 1.82) is 0 Å². The first kappa shape index (κ1) is 20.0. The molecule has 0 spiro atoms. The van der Waals surface area contributed by atoms with Gasteiger partial charge in [0.15, 0.2) is 0 Å². The highest BCUT2D eigenvalue weighted by Crippen LogP contribution is 2.42. The average molecular weight is 442 g/mol. The molecule has 166 valence electrons. The Balaban J connectivity index is 1.41. The van der Waals surface area contributed by atoms with Crippen molar-refractivity contribution in [3.8, 4) is 17.1 Å². The van der Waals surface area contributed by atoms with E-state index in [1.54, 1.807) is 47.5 Å². The molecule has 33 heavy (non-hydrogen) atoms. The summed E-state index contributed by atoms with van der Waals surface area (Å²) in [4.78, 5) is 28.4. The van der Waals surface area contributed by atoms with E-state index >= 15 is 0 Å². The Kier molecular flexibility index (Phi) is 4.86. The van der Waals surface area contributed by atoms with Crippen molar-refractivity contribution >= 4 is 16.8 Å². The number of likely N-dealkylation sites (tertiary alicyclic amines) is 1. The quantitative estimate of drug-likeness (QED) is 0.464. The molecule has 4 heterocycles. The van der Waals surface area contributed by atoms with Crippen molar-refractivity contribution in [3.05, 3.63) is 66.1 Å². The van der Waals surface area contributed by atoms with Gasteiger partial charge in [0.2, 0.25) is 0 Å². The maximum Gasteiger partial charge on any atom is 0.272 e. The van der Waals surface area contributed by atoms with Crippen LogP contribution in [0.3, 0.4) is 0 Å². The van der Waals surface area contributed by atoms with E-state index in [4.69, 9.17) is 5.10 Å². The predicted octanol–water partition coefficient (Wildman–Crippen LogP) is 4.52. The van der Waals surface area contributed by atoms with Gasteiger partial charge in [0.25, 0.3) is 11.9 Å². The van der Waals surface area contributed by atoms with Crippen molar-refractivity contribution in [3.63, 3.8) is 0 Å². The van der Waals surface area contributed by atoms with Crippen molar-refractivity contribution in [2.24, 2.45) is 0 Å². The van der Waals surface area contributed by atoms with E-state index in [1.165, 1.54) is 6.07 Å². The third kappa shape index (κ3) is 3.65. The van der Waals surface area contributed by atoms with E-state index in [0.717, 1.165) is 61.8 Å². The first-order valence-electron chi connectivity index (χ1n) is 11.4. The van der Waals surface area contributed by atoms with E-state index < -0.39 is 0 Å². The molecule has 1 aliphatic heterocycles. The normalized spacial score (nSPS) is 16.3. The second-order valence-electron chi connectivity index (χ2n) is 8.76. The summed E-state index contributed by atoms with van der Waals surface area (Å²) in [5.41, 5.74) is 3.20. The lowest BCUT2D eigenvalue weighted by molar-refractivity contribution is 0.0718. The summed E-state index contributed by atoms with van der Waals surface area (Å²) in [5.74, 6) is 0.418. The van der Waals surface area contributed by atoms with Crippen LogP contribution >= 0.6 is 0 Å². The number of aromatic nitrogens is 5. The third-order valence-electron chi connectivity index (χ3n) is 6.43. The number of carbonyl (C=O) groups excluding carboxylic acids is 1. The Morgan fingerprint density at radius 3 is 2.45 bits per heavy atom. The standard InChI is InChI=1S/C25H23FN6O/c26-20-7-3-2-6-18(20)17-13-28-25(29-14-17)32-22-12-21(24(33)31-10-4-1-5-11-31)27-15-19(22)23(30-32)16-8-9-16/h2-3,6-7,12-16H,1,4-5,8-11H2. The smallest absolute Gasteiger partial charge is 0.272 e. The Morgan fingerprint density at radius 1 is 0.970 bits per heavy atom. The van der Waals surface area contributed by atoms with Crippen LogP contribution in [0.1, 0.15) is 54.2 Å². The molecule has 1 saturated carbocycles. The maximum absolute atomic E-state index is 14.2. The summed E-state index contributed by atoms with van der Waals surface area (Å²) in [6, 6.07) is 8.36. The lowest BCUT2D eigenvalue weighted by Gasteiger charge is -2.26. The SMILES string of the molecule is O=C(c1cc2c(cn1)c(C1CC1)nn2-c1ncc(-c2ccccc2F)cn1)N1CCCCC1. The van der Waals surface area contributed by atoms with Gasteiger partial charge in [-0.15, -0.1) is 0 Å². The molecule has 7 nitrogen and oxygen atoms in total. The zero-order chi connectivity index (χ0) is 22.4. The van der Waals surface area contributed by atoms with Crippen molar-refractivity contribution in [1.82, 2.24) is 29.6 Å². The number of hydrogen-bond donors (Lipinski definition) is 0.